The third-order valence-corrected chi connectivity index (χ3v) is 6.06. The number of anilines is 1. The van der Waals surface area contributed by atoms with Crippen molar-refractivity contribution in [1.82, 2.24) is 15.0 Å². The number of nitrogens with zero attached hydrogens (tertiary/aromatic N) is 2. The zero-order valence-corrected chi connectivity index (χ0v) is 15.8. The van der Waals surface area contributed by atoms with E-state index < -0.39 is 0 Å². The number of carbonyl (C=O) groups excluding carboxylic acids is 1. The molecule has 0 aliphatic carbocycles. The SMILES string of the molecule is COc1ccc2nc(NC(=O)c3sc4nc(C)[nH]c(=O)c4c3C)sc2c1. The van der Waals surface area contributed by atoms with Gasteiger partial charge in [-0.1, -0.05) is 11.3 Å². The lowest BCUT2D eigenvalue weighted by Gasteiger charge is -1.99. The van der Waals surface area contributed by atoms with Gasteiger partial charge >= 0.3 is 0 Å². The van der Waals surface area contributed by atoms with Crippen LogP contribution in [0.3, 0.4) is 0 Å². The molecule has 0 bridgehead atoms. The Morgan fingerprint density at radius 3 is 2.81 bits per heavy atom. The molecule has 3 aromatic heterocycles. The zero-order valence-electron chi connectivity index (χ0n) is 14.2. The van der Waals surface area contributed by atoms with Crippen molar-refractivity contribution in [2.24, 2.45) is 0 Å². The topological polar surface area (TPSA) is 97.0 Å². The highest BCUT2D eigenvalue weighted by atomic mass is 32.1. The number of thiophene rings is 1. The maximum atomic E-state index is 12.7. The van der Waals surface area contributed by atoms with E-state index in [1.807, 2.05) is 18.2 Å². The van der Waals surface area contributed by atoms with Crippen LogP contribution in [0.5, 0.6) is 5.75 Å². The molecule has 0 saturated carbocycles. The minimum Gasteiger partial charge on any atom is -0.497 e. The lowest BCUT2D eigenvalue weighted by molar-refractivity contribution is 0.103. The molecule has 2 N–H and O–H groups in total. The van der Waals surface area contributed by atoms with Crippen LogP contribution in [0, 0.1) is 13.8 Å². The maximum Gasteiger partial charge on any atom is 0.267 e. The van der Waals surface area contributed by atoms with Gasteiger partial charge in [-0.25, -0.2) is 9.97 Å². The van der Waals surface area contributed by atoms with Crippen LogP contribution < -0.4 is 15.6 Å². The van der Waals surface area contributed by atoms with E-state index in [9.17, 15) is 9.59 Å². The smallest absolute Gasteiger partial charge is 0.267 e. The van der Waals surface area contributed by atoms with Gasteiger partial charge in [0, 0.05) is 0 Å². The summed E-state index contributed by atoms with van der Waals surface area (Å²) in [7, 11) is 1.60. The first-order chi connectivity index (χ1) is 12.5. The van der Waals surface area contributed by atoms with E-state index >= 15 is 0 Å². The van der Waals surface area contributed by atoms with Crippen molar-refractivity contribution in [2.45, 2.75) is 13.8 Å². The summed E-state index contributed by atoms with van der Waals surface area (Å²) in [4.78, 5) is 37.3. The molecular weight excluding hydrogens is 372 g/mol. The lowest BCUT2D eigenvalue weighted by atomic mass is 10.2. The number of rotatable bonds is 3. The fourth-order valence-electron chi connectivity index (χ4n) is 2.71. The van der Waals surface area contributed by atoms with Crippen LogP contribution in [0.15, 0.2) is 23.0 Å². The fourth-order valence-corrected chi connectivity index (χ4v) is 4.72. The van der Waals surface area contributed by atoms with Crippen molar-refractivity contribution in [1.29, 1.82) is 0 Å². The van der Waals surface area contributed by atoms with Gasteiger partial charge in [0.25, 0.3) is 11.5 Å². The summed E-state index contributed by atoms with van der Waals surface area (Å²) in [6.07, 6.45) is 0. The number of H-pyrrole nitrogens is 1. The predicted octanol–water partition coefficient (Wildman–Crippen LogP) is 3.47. The maximum absolute atomic E-state index is 12.7. The number of hydrogen-bond donors (Lipinski definition) is 2. The second kappa shape index (κ2) is 6.19. The number of carbonyl (C=O) groups is 1. The molecule has 4 aromatic rings. The van der Waals surface area contributed by atoms with E-state index in [1.54, 1.807) is 21.0 Å². The number of amides is 1. The number of hydrogen-bond acceptors (Lipinski definition) is 7. The summed E-state index contributed by atoms with van der Waals surface area (Å²) in [6, 6.07) is 5.54. The summed E-state index contributed by atoms with van der Waals surface area (Å²) >= 11 is 2.57. The van der Waals surface area contributed by atoms with Gasteiger partial charge in [0.1, 0.15) is 16.4 Å². The molecule has 0 spiro atoms. The summed E-state index contributed by atoms with van der Waals surface area (Å²) in [5, 5.41) is 3.77. The van der Waals surface area contributed by atoms with Gasteiger partial charge in [0.2, 0.25) is 0 Å². The molecule has 0 unspecified atom stereocenters. The minimum absolute atomic E-state index is 0.229. The summed E-state index contributed by atoms with van der Waals surface area (Å²) in [6.45, 7) is 3.47. The monoisotopic (exact) mass is 386 g/mol. The summed E-state index contributed by atoms with van der Waals surface area (Å²) in [5.74, 6) is 0.962. The number of benzene rings is 1. The molecule has 0 aliphatic rings. The van der Waals surface area contributed by atoms with Crippen LogP contribution in [-0.2, 0) is 0 Å². The average molecular weight is 386 g/mol. The number of methoxy groups -OCH3 is 1. The van der Waals surface area contributed by atoms with Crippen molar-refractivity contribution in [2.75, 3.05) is 12.4 Å². The van der Waals surface area contributed by atoms with Crippen LogP contribution in [-0.4, -0.2) is 28.0 Å². The third-order valence-electron chi connectivity index (χ3n) is 3.94. The zero-order chi connectivity index (χ0) is 18.4. The fraction of sp³-hybridized carbons (Fsp3) is 0.176. The largest absolute Gasteiger partial charge is 0.497 e. The number of aromatic amines is 1. The van der Waals surface area contributed by atoms with Gasteiger partial charge in [-0.15, -0.1) is 11.3 Å². The van der Waals surface area contributed by atoms with Gasteiger partial charge in [-0.3, -0.25) is 14.9 Å². The van der Waals surface area contributed by atoms with Gasteiger partial charge in [-0.2, -0.15) is 0 Å². The Balaban J connectivity index is 1.70. The van der Waals surface area contributed by atoms with E-state index in [0.717, 1.165) is 16.0 Å². The first-order valence-electron chi connectivity index (χ1n) is 7.72. The molecule has 4 rings (SSSR count). The molecule has 0 radical (unpaired) electrons. The predicted molar refractivity (Wildman–Crippen MR) is 104 cm³/mol. The van der Waals surface area contributed by atoms with Gasteiger partial charge < -0.3 is 9.72 Å². The number of thiazole rings is 1. The highest BCUT2D eigenvalue weighted by Gasteiger charge is 2.20. The van der Waals surface area contributed by atoms with E-state index in [-0.39, 0.29) is 11.5 Å². The van der Waals surface area contributed by atoms with Crippen molar-refractivity contribution < 1.29 is 9.53 Å². The minimum atomic E-state index is -0.298. The standard InChI is InChI=1S/C17H14N4O3S2/c1-7-12-14(22)18-8(2)19-16(12)26-13(7)15(23)21-17-20-10-5-4-9(24-3)6-11(10)25-17/h4-6H,1-3H3,(H,18,19,22)(H,20,21,23). The van der Waals surface area contributed by atoms with Crippen LogP contribution in [0.1, 0.15) is 21.1 Å². The van der Waals surface area contributed by atoms with Crippen molar-refractivity contribution in [3.63, 3.8) is 0 Å². The quantitative estimate of drug-likeness (QED) is 0.562. The summed E-state index contributed by atoms with van der Waals surface area (Å²) in [5.41, 5.74) is 1.18. The average Bonchev–Trinajstić information content (AvgIpc) is 3.14. The molecule has 0 fully saturated rings. The van der Waals surface area contributed by atoms with E-state index in [0.29, 0.717) is 31.6 Å². The van der Waals surface area contributed by atoms with Crippen LogP contribution >= 0.6 is 22.7 Å². The van der Waals surface area contributed by atoms with E-state index in [2.05, 4.69) is 20.3 Å². The third kappa shape index (κ3) is 2.74. The molecule has 26 heavy (non-hydrogen) atoms. The molecule has 0 atom stereocenters. The molecule has 1 amide bonds. The van der Waals surface area contributed by atoms with Crippen LogP contribution in [0.2, 0.25) is 0 Å². The van der Waals surface area contributed by atoms with E-state index in [4.69, 9.17) is 4.74 Å². The normalized spacial score (nSPS) is 11.2. The number of nitrogens with one attached hydrogen (secondary N) is 2. The van der Waals surface area contributed by atoms with Gasteiger partial charge in [0.15, 0.2) is 5.13 Å². The molecule has 7 nitrogen and oxygen atoms in total. The molecular formula is C17H14N4O3S2. The molecule has 132 valence electrons. The first kappa shape index (κ1) is 16.7. The molecule has 1 aromatic carbocycles. The second-order valence-electron chi connectivity index (χ2n) is 5.69. The lowest BCUT2D eigenvalue weighted by Crippen LogP contribution is -2.12. The van der Waals surface area contributed by atoms with Crippen molar-refractivity contribution in [3.05, 3.63) is 44.8 Å². The van der Waals surface area contributed by atoms with Crippen LogP contribution in [0.25, 0.3) is 20.4 Å². The first-order valence-corrected chi connectivity index (χ1v) is 9.35. The Hall–Kier alpha value is -2.78. The second-order valence-corrected chi connectivity index (χ2v) is 7.72. The number of ether oxygens (including phenoxy) is 1. The Morgan fingerprint density at radius 1 is 1.23 bits per heavy atom. The Morgan fingerprint density at radius 2 is 2.04 bits per heavy atom. The number of aryl methyl sites for hydroxylation is 2. The van der Waals surface area contributed by atoms with Crippen molar-refractivity contribution >= 4 is 54.1 Å². The number of aromatic nitrogens is 3. The molecule has 0 saturated heterocycles. The highest BCUT2D eigenvalue weighted by molar-refractivity contribution is 7.23. The Labute approximate surface area is 155 Å². The number of fused-ring (bicyclic) bond motifs is 2. The van der Waals surface area contributed by atoms with Crippen molar-refractivity contribution in [3.8, 4) is 5.75 Å². The Bertz CT molecular complexity index is 1220. The molecule has 9 heteroatoms. The summed E-state index contributed by atoms with van der Waals surface area (Å²) < 4.78 is 6.12. The molecule has 0 aliphatic heterocycles. The highest BCUT2D eigenvalue weighted by Crippen LogP contribution is 2.31. The van der Waals surface area contributed by atoms with E-state index in [1.165, 1.54) is 22.7 Å². The van der Waals surface area contributed by atoms with Crippen LogP contribution in [0.4, 0.5) is 5.13 Å². The van der Waals surface area contributed by atoms with Gasteiger partial charge in [0.05, 0.1) is 27.6 Å². The Kier molecular flexibility index (Phi) is 3.97. The van der Waals surface area contributed by atoms with Gasteiger partial charge in [-0.05, 0) is 37.6 Å². The molecule has 3 heterocycles.